The smallest absolute Gasteiger partial charge is 0.143 e. The zero-order valence-corrected chi connectivity index (χ0v) is 13.6. The van der Waals surface area contributed by atoms with Gasteiger partial charge in [-0.15, -0.1) is 0 Å². The van der Waals surface area contributed by atoms with Crippen LogP contribution in [0, 0.1) is 28.6 Å². The first kappa shape index (κ1) is 15.2. The highest BCUT2D eigenvalue weighted by Crippen LogP contribution is 2.35. The van der Waals surface area contributed by atoms with Crippen molar-refractivity contribution < 1.29 is 0 Å². The quantitative estimate of drug-likeness (QED) is 0.779. The van der Waals surface area contributed by atoms with Gasteiger partial charge in [0.2, 0.25) is 0 Å². The van der Waals surface area contributed by atoms with Gasteiger partial charge in [-0.25, -0.2) is 9.97 Å². The topological polar surface area (TPSA) is 92.4 Å². The van der Waals surface area contributed by atoms with Crippen LogP contribution < -0.4 is 4.90 Å². The molecule has 25 heavy (non-hydrogen) atoms. The van der Waals surface area contributed by atoms with Crippen molar-refractivity contribution in [1.29, 1.82) is 10.5 Å². The number of hydrogen-bond acceptors (Lipinski definition) is 5. The Morgan fingerprint density at radius 2 is 2.16 bits per heavy atom. The fourth-order valence-electron chi connectivity index (χ4n) is 3.45. The first-order chi connectivity index (χ1) is 12.3. The van der Waals surface area contributed by atoms with Crippen LogP contribution in [0.1, 0.15) is 18.4 Å². The van der Waals surface area contributed by atoms with Gasteiger partial charge in [0.05, 0.1) is 29.0 Å². The fraction of sp³-hybridized carbons (Fsp3) is 0.263. The van der Waals surface area contributed by atoms with E-state index in [-0.39, 0.29) is 5.92 Å². The summed E-state index contributed by atoms with van der Waals surface area (Å²) in [4.78, 5) is 14.2. The Morgan fingerprint density at radius 3 is 3.00 bits per heavy atom. The Labute approximate surface area is 145 Å². The maximum Gasteiger partial charge on any atom is 0.143 e. The van der Waals surface area contributed by atoms with Crippen LogP contribution in [-0.4, -0.2) is 28.0 Å². The van der Waals surface area contributed by atoms with Crippen LogP contribution in [0.4, 0.5) is 5.82 Å². The van der Waals surface area contributed by atoms with Gasteiger partial charge in [0.1, 0.15) is 17.8 Å². The van der Waals surface area contributed by atoms with E-state index in [1.807, 2.05) is 24.4 Å². The van der Waals surface area contributed by atoms with Crippen LogP contribution in [0.25, 0.3) is 22.2 Å². The van der Waals surface area contributed by atoms with Crippen molar-refractivity contribution in [2.75, 3.05) is 18.0 Å². The molecule has 6 nitrogen and oxygen atoms in total. The monoisotopic (exact) mass is 328 g/mol. The Kier molecular flexibility index (Phi) is 3.80. The summed E-state index contributed by atoms with van der Waals surface area (Å²) in [6.07, 6.45) is 5.38. The van der Waals surface area contributed by atoms with Gasteiger partial charge in [-0.1, -0.05) is 12.1 Å². The molecule has 0 bridgehead atoms. The predicted octanol–water partition coefficient (Wildman–Crippen LogP) is 3.24. The van der Waals surface area contributed by atoms with Gasteiger partial charge in [-0.2, -0.15) is 10.5 Å². The molecule has 1 atom stereocenters. The third-order valence-electron chi connectivity index (χ3n) is 4.66. The van der Waals surface area contributed by atoms with Gasteiger partial charge in [-0.05, 0) is 30.5 Å². The molecule has 1 fully saturated rings. The van der Waals surface area contributed by atoms with Crippen LogP contribution in [0.3, 0.4) is 0 Å². The summed E-state index contributed by atoms with van der Waals surface area (Å²) in [6.45, 7) is 1.57. The number of nitrogens with one attached hydrogen (secondary N) is 1. The Balaban J connectivity index is 1.85. The minimum absolute atomic E-state index is 0.0306. The number of aromatic nitrogens is 3. The van der Waals surface area contributed by atoms with Crippen LogP contribution in [0.2, 0.25) is 0 Å². The molecule has 3 aromatic rings. The molecule has 1 N–H and O–H groups in total. The van der Waals surface area contributed by atoms with E-state index in [9.17, 15) is 5.26 Å². The van der Waals surface area contributed by atoms with E-state index >= 15 is 0 Å². The lowest BCUT2D eigenvalue weighted by Crippen LogP contribution is -2.35. The van der Waals surface area contributed by atoms with Crippen molar-refractivity contribution in [1.82, 2.24) is 15.0 Å². The number of piperidine rings is 1. The van der Waals surface area contributed by atoms with Gasteiger partial charge in [0.25, 0.3) is 0 Å². The molecular formula is C19H16N6. The van der Waals surface area contributed by atoms with Crippen LogP contribution in [0.5, 0.6) is 0 Å². The molecule has 1 aliphatic heterocycles. The summed E-state index contributed by atoms with van der Waals surface area (Å²) in [5, 5.41) is 19.4. The summed E-state index contributed by atoms with van der Waals surface area (Å²) >= 11 is 0. The van der Waals surface area contributed by atoms with E-state index in [0.29, 0.717) is 12.1 Å². The molecule has 6 heteroatoms. The van der Waals surface area contributed by atoms with E-state index in [0.717, 1.165) is 47.4 Å². The minimum atomic E-state index is 0.0306. The van der Waals surface area contributed by atoms with Gasteiger partial charge in [0.15, 0.2) is 0 Å². The Hall–Kier alpha value is -3.38. The van der Waals surface area contributed by atoms with Crippen molar-refractivity contribution in [2.45, 2.75) is 12.8 Å². The number of fused-ring (bicyclic) bond motifs is 1. The van der Waals surface area contributed by atoms with Crippen molar-refractivity contribution in [3.05, 3.63) is 42.4 Å². The fourth-order valence-corrected chi connectivity index (χ4v) is 3.45. The lowest BCUT2D eigenvalue weighted by Gasteiger charge is -2.31. The van der Waals surface area contributed by atoms with E-state index < -0.39 is 0 Å². The standard InChI is InChI=1S/C19H16N6/c20-8-13-3-1-5-15(7-13)16-10-22-18-17(16)19(24-12-23-18)25-6-2-4-14(9-21)11-25/h1,3,5,7,10,12,14H,2,4,6,11H2,(H,22,23,24). The average molecular weight is 328 g/mol. The van der Waals surface area contributed by atoms with Crippen molar-refractivity contribution in [3.8, 4) is 23.3 Å². The maximum absolute atomic E-state index is 9.27. The second-order valence-corrected chi connectivity index (χ2v) is 6.23. The van der Waals surface area contributed by atoms with E-state index in [2.05, 4.69) is 32.0 Å². The highest BCUT2D eigenvalue weighted by molar-refractivity contribution is 6.01. The van der Waals surface area contributed by atoms with Crippen LogP contribution in [-0.2, 0) is 0 Å². The third-order valence-corrected chi connectivity index (χ3v) is 4.66. The molecule has 4 rings (SSSR count). The number of hydrogen-bond donors (Lipinski definition) is 1. The molecule has 0 spiro atoms. The summed E-state index contributed by atoms with van der Waals surface area (Å²) in [5.41, 5.74) is 3.31. The molecule has 1 aliphatic rings. The number of rotatable bonds is 2. The van der Waals surface area contributed by atoms with E-state index in [1.54, 1.807) is 12.4 Å². The SMILES string of the molecule is N#Cc1cccc(-c2c[nH]c3ncnc(N4CCCC(C#N)C4)c23)c1. The highest BCUT2D eigenvalue weighted by atomic mass is 15.2. The van der Waals surface area contributed by atoms with E-state index in [1.165, 1.54) is 0 Å². The van der Waals surface area contributed by atoms with Crippen molar-refractivity contribution in [3.63, 3.8) is 0 Å². The zero-order chi connectivity index (χ0) is 17.2. The van der Waals surface area contributed by atoms with Crippen LogP contribution >= 0.6 is 0 Å². The molecule has 0 aliphatic carbocycles. The molecule has 122 valence electrons. The normalized spacial score (nSPS) is 17.2. The predicted molar refractivity (Wildman–Crippen MR) is 94.6 cm³/mol. The Bertz CT molecular complexity index is 1010. The molecule has 1 unspecified atom stereocenters. The van der Waals surface area contributed by atoms with Gasteiger partial charge >= 0.3 is 0 Å². The third kappa shape index (κ3) is 2.68. The summed E-state index contributed by atoms with van der Waals surface area (Å²) in [7, 11) is 0. The van der Waals surface area contributed by atoms with Gasteiger partial charge in [-0.3, -0.25) is 0 Å². The molecule has 1 saturated heterocycles. The van der Waals surface area contributed by atoms with Gasteiger partial charge in [0, 0.05) is 24.8 Å². The largest absolute Gasteiger partial charge is 0.355 e. The number of anilines is 1. The molecule has 2 aromatic heterocycles. The molecule has 0 amide bonds. The number of benzene rings is 1. The number of nitriles is 2. The zero-order valence-electron chi connectivity index (χ0n) is 13.6. The molecule has 1 aromatic carbocycles. The molecule has 0 saturated carbocycles. The molecular weight excluding hydrogens is 312 g/mol. The summed E-state index contributed by atoms with van der Waals surface area (Å²) in [5.74, 6) is 0.881. The lowest BCUT2D eigenvalue weighted by molar-refractivity contribution is 0.491. The highest BCUT2D eigenvalue weighted by Gasteiger charge is 2.24. The number of H-pyrrole nitrogens is 1. The molecule has 3 heterocycles. The number of nitrogens with zero attached hydrogens (tertiary/aromatic N) is 5. The second-order valence-electron chi connectivity index (χ2n) is 6.23. The first-order valence-electron chi connectivity index (χ1n) is 8.27. The number of aromatic amines is 1. The van der Waals surface area contributed by atoms with Crippen molar-refractivity contribution >= 4 is 16.9 Å². The minimum Gasteiger partial charge on any atom is -0.355 e. The molecule has 0 radical (unpaired) electrons. The average Bonchev–Trinajstić information content (AvgIpc) is 3.12. The van der Waals surface area contributed by atoms with Crippen LogP contribution in [0.15, 0.2) is 36.8 Å². The Morgan fingerprint density at radius 1 is 1.24 bits per heavy atom. The lowest BCUT2D eigenvalue weighted by atomic mass is 9.98. The van der Waals surface area contributed by atoms with E-state index in [4.69, 9.17) is 5.26 Å². The van der Waals surface area contributed by atoms with Gasteiger partial charge < -0.3 is 9.88 Å². The van der Waals surface area contributed by atoms with Crippen molar-refractivity contribution in [2.24, 2.45) is 5.92 Å². The first-order valence-corrected chi connectivity index (χ1v) is 8.27. The maximum atomic E-state index is 9.27. The second kappa shape index (κ2) is 6.26. The summed E-state index contributed by atoms with van der Waals surface area (Å²) in [6, 6.07) is 12.1. The summed E-state index contributed by atoms with van der Waals surface area (Å²) < 4.78 is 0.